The van der Waals surface area contributed by atoms with Gasteiger partial charge in [0.1, 0.15) is 10.9 Å². The number of ether oxygens (including phenoxy) is 1. The van der Waals surface area contributed by atoms with Gasteiger partial charge in [0, 0.05) is 0 Å². The fraction of sp³-hybridized carbons (Fsp3) is 0.250. The quantitative estimate of drug-likeness (QED) is 0.591. The van der Waals surface area contributed by atoms with E-state index in [0.29, 0.717) is 16.0 Å². The van der Waals surface area contributed by atoms with Crippen molar-refractivity contribution in [1.82, 2.24) is 0 Å². The molecule has 1 aromatic heterocycles. The second kappa shape index (κ2) is 4.07. The molecule has 0 N–H and O–H groups in total. The van der Waals surface area contributed by atoms with E-state index in [0.717, 1.165) is 2.88 Å². The molecule has 1 aromatic rings. The Balaban J connectivity index is 3.28. The van der Waals surface area contributed by atoms with E-state index in [4.69, 9.17) is 5.26 Å². The predicted molar refractivity (Wildman–Crippen MR) is 57.8 cm³/mol. The largest absolute Gasteiger partial charge is 0.465 e. The third kappa shape index (κ3) is 1.84. The number of rotatable bonds is 1. The number of methoxy groups -OCH3 is 1. The molecule has 0 saturated heterocycles. The molecule has 0 aliphatic heterocycles. The molecule has 0 aliphatic carbocycles. The Bertz CT molecular complexity index is 392. The summed E-state index contributed by atoms with van der Waals surface area (Å²) < 4.78 is 5.42. The van der Waals surface area contributed by atoms with Crippen molar-refractivity contribution in [2.45, 2.75) is 6.92 Å². The Morgan fingerprint density at radius 1 is 1.69 bits per heavy atom. The van der Waals surface area contributed by atoms with Crippen LogP contribution in [-0.4, -0.2) is 13.1 Å². The van der Waals surface area contributed by atoms with E-state index in [9.17, 15) is 4.79 Å². The lowest BCUT2D eigenvalue weighted by atomic mass is 10.2. The molecule has 5 heteroatoms. The molecule has 0 radical (unpaired) electrons. The van der Waals surface area contributed by atoms with Gasteiger partial charge in [-0.1, -0.05) is 0 Å². The highest BCUT2D eigenvalue weighted by Gasteiger charge is 2.18. The average molecular weight is 307 g/mol. The minimum Gasteiger partial charge on any atom is -0.465 e. The first-order valence-corrected chi connectivity index (χ1v) is 5.28. The molecule has 0 unspecified atom stereocenters. The Labute approximate surface area is 93.5 Å². The van der Waals surface area contributed by atoms with Crippen molar-refractivity contribution in [3.63, 3.8) is 0 Å². The van der Waals surface area contributed by atoms with Gasteiger partial charge >= 0.3 is 5.97 Å². The molecule has 0 aromatic carbocycles. The van der Waals surface area contributed by atoms with Gasteiger partial charge in [0.05, 0.1) is 15.6 Å². The predicted octanol–water partition coefficient (Wildman–Crippen LogP) is 2.32. The second-order valence-corrected chi connectivity index (χ2v) is 5.14. The molecule has 13 heavy (non-hydrogen) atoms. The smallest absolute Gasteiger partial charge is 0.348 e. The zero-order valence-corrected chi connectivity index (χ0v) is 10.0. The highest BCUT2D eigenvalue weighted by Crippen LogP contribution is 2.29. The summed E-state index contributed by atoms with van der Waals surface area (Å²) in [7, 11) is 1.33. The van der Waals surface area contributed by atoms with Crippen LogP contribution in [0.4, 0.5) is 0 Å². The zero-order valence-electron chi connectivity index (χ0n) is 7.05. The van der Waals surface area contributed by atoms with Crippen molar-refractivity contribution in [2.75, 3.05) is 7.11 Å². The van der Waals surface area contributed by atoms with E-state index in [2.05, 4.69) is 10.8 Å². The highest BCUT2D eigenvalue weighted by atomic mass is 127. The lowest BCUT2D eigenvalue weighted by Gasteiger charge is -1.95. The maximum absolute atomic E-state index is 11.2. The molecule has 3 nitrogen and oxygen atoms in total. The molecule has 0 fully saturated rings. The summed E-state index contributed by atoms with van der Waals surface area (Å²) in [5.74, 6) is -0.373. The number of thiophene rings is 1. The first kappa shape index (κ1) is 10.5. The highest BCUT2D eigenvalue weighted by molar-refractivity contribution is 14.1. The second-order valence-electron chi connectivity index (χ2n) is 2.31. The van der Waals surface area contributed by atoms with Crippen LogP contribution in [0, 0.1) is 21.1 Å². The standard InChI is InChI=1S/C8H6INO2S/c1-4-5(3-10)7(9)13-6(4)8(11)12-2/h1-2H3. The van der Waals surface area contributed by atoms with Crippen molar-refractivity contribution in [2.24, 2.45) is 0 Å². The van der Waals surface area contributed by atoms with E-state index < -0.39 is 0 Å². The van der Waals surface area contributed by atoms with Gasteiger partial charge in [0.15, 0.2) is 0 Å². The number of carbonyl (C=O) groups is 1. The number of carbonyl (C=O) groups excluding carboxylic acids is 1. The number of hydrogen-bond donors (Lipinski definition) is 0. The van der Waals surface area contributed by atoms with Gasteiger partial charge in [-0.15, -0.1) is 11.3 Å². The third-order valence-electron chi connectivity index (χ3n) is 1.59. The average Bonchev–Trinajstić information content (AvgIpc) is 2.40. The molecule has 0 bridgehead atoms. The summed E-state index contributed by atoms with van der Waals surface area (Å²) in [6.45, 7) is 1.75. The molecular formula is C8H6INO2S. The molecule has 0 spiro atoms. The van der Waals surface area contributed by atoms with Crippen LogP contribution in [0.15, 0.2) is 0 Å². The monoisotopic (exact) mass is 307 g/mol. The molecule has 0 atom stereocenters. The molecule has 1 heterocycles. The van der Waals surface area contributed by atoms with Crippen LogP contribution >= 0.6 is 33.9 Å². The SMILES string of the molecule is COC(=O)c1sc(I)c(C#N)c1C. The summed E-state index contributed by atoms with van der Waals surface area (Å²) in [4.78, 5) is 11.7. The zero-order chi connectivity index (χ0) is 10.0. The first-order valence-electron chi connectivity index (χ1n) is 3.39. The van der Waals surface area contributed by atoms with Crippen molar-refractivity contribution >= 4 is 39.9 Å². The van der Waals surface area contributed by atoms with Crippen LogP contribution in [0.2, 0.25) is 0 Å². The molecule has 68 valence electrons. The van der Waals surface area contributed by atoms with Gasteiger partial charge in [-0.25, -0.2) is 4.79 Å². The third-order valence-corrected chi connectivity index (χ3v) is 3.85. The van der Waals surface area contributed by atoms with Crippen LogP contribution in [0.5, 0.6) is 0 Å². The van der Waals surface area contributed by atoms with Gasteiger partial charge in [-0.2, -0.15) is 5.26 Å². The van der Waals surface area contributed by atoms with E-state index in [1.54, 1.807) is 6.92 Å². The summed E-state index contributed by atoms with van der Waals surface area (Å²) in [6, 6.07) is 2.06. The van der Waals surface area contributed by atoms with Gasteiger partial charge in [-0.3, -0.25) is 0 Å². The summed E-state index contributed by atoms with van der Waals surface area (Å²) in [6.07, 6.45) is 0. The maximum Gasteiger partial charge on any atom is 0.348 e. The van der Waals surface area contributed by atoms with Crippen LogP contribution in [0.25, 0.3) is 0 Å². The van der Waals surface area contributed by atoms with E-state index in [-0.39, 0.29) is 5.97 Å². The maximum atomic E-state index is 11.2. The summed E-state index contributed by atoms with van der Waals surface area (Å²) >= 11 is 3.33. The van der Waals surface area contributed by atoms with Crippen molar-refractivity contribution < 1.29 is 9.53 Å². The number of nitriles is 1. The Hall–Kier alpha value is -0.610. The summed E-state index contributed by atoms with van der Waals surface area (Å²) in [5.41, 5.74) is 1.29. The van der Waals surface area contributed by atoms with Crippen LogP contribution in [0.3, 0.4) is 0 Å². The van der Waals surface area contributed by atoms with Crippen molar-refractivity contribution in [1.29, 1.82) is 5.26 Å². The number of esters is 1. The molecule has 1 rings (SSSR count). The molecule has 0 aliphatic rings. The minimum atomic E-state index is -0.373. The van der Waals surface area contributed by atoms with E-state index in [1.165, 1.54) is 18.4 Å². The lowest BCUT2D eigenvalue weighted by molar-refractivity contribution is 0.0605. The molecule has 0 saturated carbocycles. The van der Waals surface area contributed by atoms with Gasteiger partial charge in [0.25, 0.3) is 0 Å². The van der Waals surface area contributed by atoms with Crippen molar-refractivity contribution in [3.8, 4) is 6.07 Å². The van der Waals surface area contributed by atoms with Gasteiger partial charge in [-0.05, 0) is 35.1 Å². The van der Waals surface area contributed by atoms with E-state index >= 15 is 0 Å². The number of halogens is 1. The number of hydrogen-bond acceptors (Lipinski definition) is 4. The van der Waals surface area contributed by atoms with E-state index in [1.807, 2.05) is 22.6 Å². The van der Waals surface area contributed by atoms with Crippen LogP contribution in [-0.2, 0) is 4.74 Å². The topological polar surface area (TPSA) is 50.1 Å². The first-order chi connectivity index (χ1) is 6.11. The molecule has 0 amide bonds. The normalized spacial score (nSPS) is 9.38. The Morgan fingerprint density at radius 3 is 2.69 bits per heavy atom. The molecular weight excluding hydrogens is 301 g/mol. The number of nitrogens with zero attached hydrogens (tertiary/aromatic N) is 1. The Morgan fingerprint density at radius 2 is 2.31 bits per heavy atom. The fourth-order valence-corrected chi connectivity index (χ4v) is 2.98. The lowest BCUT2D eigenvalue weighted by Crippen LogP contribution is -1.99. The van der Waals surface area contributed by atoms with Crippen LogP contribution in [0.1, 0.15) is 20.8 Å². The Kier molecular flexibility index (Phi) is 3.27. The van der Waals surface area contributed by atoms with Crippen LogP contribution < -0.4 is 0 Å². The minimum absolute atomic E-state index is 0.373. The fourth-order valence-electron chi connectivity index (χ4n) is 0.893. The van der Waals surface area contributed by atoms with Gasteiger partial charge in [0.2, 0.25) is 0 Å². The van der Waals surface area contributed by atoms with Gasteiger partial charge < -0.3 is 4.74 Å². The summed E-state index contributed by atoms with van der Waals surface area (Å²) in [5, 5.41) is 8.77. The van der Waals surface area contributed by atoms with Crippen molar-refractivity contribution in [3.05, 3.63) is 18.9 Å².